The molecule has 0 amide bonds. The van der Waals surface area contributed by atoms with Gasteiger partial charge in [0.15, 0.2) is 11.5 Å². The van der Waals surface area contributed by atoms with Crippen LogP contribution in [-0.2, 0) is 9.59 Å². The lowest BCUT2D eigenvalue weighted by molar-refractivity contribution is -0.143. The average molecular weight is 483 g/mol. The Hall–Kier alpha value is -2.30. The molecule has 0 saturated heterocycles. The predicted molar refractivity (Wildman–Crippen MR) is 137 cm³/mol. The first-order chi connectivity index (χ1) is 16.2. The molecule has 5 atom stereocenters. The molecule has 1 spiro atoms. The second-order valence-corrected chi connectivity index (χ2v) is 13.2. The molecular formula is C30H42O5. The van der Waals surface area contributed by atoms with E-state index in [1.807, 2.05) is 6.08 Å². The van der Waals surface area contributed by atoms with Gasteiger partial charge in [0, 0.05) is 11.0 Å². The molecule has 3 aliphatic carbocycles. The van der Waals surface area contributed by atoms with Crippen LogP contribution in [0, 0.1) is 39.4 Å². The molecule has 5 heteroatoms. The molecule has 5 unspecified atom stereocenters. The first kappa shape index (κ1) is 25.8. The predicted octanol–water partition coefficient (Wildman–Crippen LogP) is 6.99. The largest absolute Gasteiger partial charge is 0.493 e. The third-order valence-corrected chi connectivity index (χ3v) is 9.98. The highest BCUT2D eigenvalue weighted by Crippen LogP contribution is 2.75. The van der Waals surface area contributed by atoms with E-state index in [-0.39, 0.29) is 11.4 Å². The molecule has 4 rings (SSSR count). The van der Waals surface area contributed by atoms with Crippen molar-refractivity contribution in [2.45, 2.75) is 80.6 Å². The summed E-state index contributed by atoms with van der Waals surface area (Å²) in [6.45, 7) is 14.7. The summed E-state index contributed by atoms with van der Waals surface area (Å²) in [4.78, 5) is 25.1. The normalized spacial score (nSPS) is 33.8. The number of hydrogen-bond acceptors (Lipinski definition) is 4. The lowest BCUT2D eigenvalue weighted by Crippen LogP contribution is -2.42. The van der Waals surface area contributed by atoms with Crippen molar-refractivity contribution in [1.29, 1.82) is 0 Å². The Kier molecular flexibility index (Phi) is 6.18. The highest BCUT2D eigenvalue weighted by molar-refractivity contribution is 5.94. The molecule has 35 heavy (non-hydrogen) atoms. The molecule has 0 heterocycles. The number of benzene rings is 1. The fourth-order valence-corrected chi connectivity index (χ4v) is 7.98. The van der Waals surface area contributed by atoms with Gasteiger partial charge in [0.05, 0.1) is 12.5 Å². The van der Waals surface area contributed by atoms with Crippen molar-refractivity contribution in [2.24, 2.45) is 39.4 Å². The van der Waals surface area contributed by atoms with Crippen molar-refractivity contribution in [3.8, 4) is 11.5 Å². The van der Waals surface area contributed by atoms with E-state index in [0.29, 0.717) is 40.2 Å². The van der Waals surface area contributed by atoms with Gasteiger partial charge in [0.2, 0.25) is 0 Å². The Bertz CT molecular complexity index is 1060. The summed E-state index contributed by atoms with van der Waals surface area (Å²) < 4.78 is 11.1. The van der Waals surface area contributed by atoms with Gasteiger partial charge < -0.3 is 14.6 Å². The van der Waals surface area contributed by atoms with Gasteiger partial charge in [-0.05, 0) is 105 Å². The minimum atomic E-state index is -0.855. The van der Waals surface area contributed by atoms with E-state index in [4.69, 9.17) is 9.47 Å². The molecule has 0 radical (unpaired) electrons. The molecule has 3 fully saturated rings. The van der Waals surface area contributed by atoms with Crippen LogP contribution in [0.5, 0.6) is 11.5 Å². The number of carbonyl (C=O) groups excluding carboxylic acids is 1. The summed E-state index contributed by atoms with van der Waals surface area (Å²) in [5, 5.41) is 10.4. The maximum absolute atomic E-state index is 12.7. The number of esters is 1. The Balaban J connectivity index is 1.70. The van der Waals surface area contributed by atoms with Crippen LogP contribution in [0.2, 0.25) is 0 Å². The van der Waals surface area contributed by atoms with Crippen LogP contribution in [0.3, 0.4) is 0 Å². The lowest BCUT2D eigenvalue weighted by atomic mass is 9.56. The van der Waals surface area contributed by atoms with Crippen LogP contribution in [0.1, 0.15) is 86.1 Å². The summed E-state index contributed by atoms with van der Waals surface area (Å²) in [5.74, 6) is 1.26. The third kappa shape index (κ3) is 3.99. The Labute approximate surface area is 210 Å². The van der Waals surface area contributed by atoms with Gasteiger partial charge in [-0.15, -0.1) is 0 Å². The van der Waals surface area contributed by atoms with Gasteiger partial charge in [0.1, 0.15) is 0 Å². The molecule has 3 saturated carbocycles. The Morgan fingerprint density at radius 3 is 2.34 bits per heavy atom. The number of rotatable bonds is 5. The van der Waals surface area contributed by atoms with E-state index >= 15 is 0 Å². The fourth-order valence-electron chi connectivity index (χ4n) is 7.98. The van der Waals surface area contributed by atoms with Crippen molar-refractivity contribution >= 4 is 18.0 Å². The molecule has 3 aliphatic rings. The SMILES string of the molecule is COc1cc(/C=C(/C(=O)O)C2(C)CCC34CC2C(C)(C)C3CCC4C)ccc1OC(=O)C(C)(C)C. The minimum absolute atomic E-state index is 0.104. The van der Waals surface area contributed by atoms with E-state index in [1.165, 1.54) is 20.0 Å². The van der Waals surface area contributed by atoms with Gasteiger partial charge in [0.25, 0.3) is 0 Å². The molecule has 5 nitrogen and oxygen atoms in total. The number of fused-ring (bicyclic) bond motifs is 1. The van der Waals surface area contributed by atoms with Crippen LogP contribution in [-0.4, -0.2) is 24.2 Å². The summed E-state index contributed by atoms with van der Waals surface area (Å²) >= 11 is 0. The first-order valence-corrected chi connectivity index (χ1v) is 13.0. The standard InChI is InChI=1S/C30H42O5/c1-18-9-12-23-28(5,6)24-17-30(18,23)14-13-29(24,7)20(25(31)32)15-19-10-11-21(22(16-19)34-8)35-26(33)27(2,3)4/h10-11,15-16,18,23-24H,9,12-14,17H2,1-8H3,(H,31,32)/b20-15-. The summed E-state index contributed by atoms with van der Waals surface area (Å²) in [5.41, 5.74) is 0.638. The molecule has 1 aromatic carbocycles. The van der Waals surface area contributed by atoms with Gasteiger partial charge in [-0.1, -0.05) is 33.8 Å². The molecule has 1 aromatic rings. The third-order valence-electron chi connectivity index (χ3n) is 9.98. The van der Waals surface area contributed by atoms with E-state index < -0.39 is 16.8 Å². The Morgan fingerprint density at radius 1 is 1.06 bits per heavy atom. The number of ether oxygens (including phenoxy) is 2. The van der Waals surface area contributed by atoms with E-state index in [2.05, 4.69) is 27.7 Å². The molecule has 1 N–H and O–H groups in total. The minimum Gasteiger partial charge on any atom is -0.493 e. The van der Waals surface area contributed by atoms with Gasteiger partial charge in [-0.25, -0.2) is 4.79 Å². The van der Waals surface area contributed by atoms with Crippen LogP contribution in [0.4, 0.5) is 0 Å². The second kappa shape index (κ2) is 8.38. The van der Waals surface area contributed by atoms with Gasteiger partial charge >= 0.3 is 11.9 Å². The van der Waals surface area contributed by atoms with E-state index in [1.54, 1.807) is 39.0 Å². The van der Waals surface area contributed by atoms with E-state index in [0.717, 1.165) is 24.8 Å². The Morgan fingerprint density at radius 2 is 1.74 bits per heavy atom. The van der Waals surface area contributed by atoms with Crippen molar-refractivity contribution in [2.75, 3.05) is 7.11 Å². The maximum Gasteiger partial charge on any atom is 0.332 e. The maximum atomic E-state index is 12.7. The van der Waals surface area contributed by atoms with Crippen molar-refractivity contribution in [3.63, 3.8) is 0 Å². The molecule has 2 bridgehead atoms. The summed E-state index contributed by atoms with van der Waals surface area (Å²) in [7, 11) is 1.53. The number of carbonyl (C=O) groups is 2. The zero-order chi connectivity index (χ0) is 26.0. The molecule has 192 valence electrons. The van der Waals surface area contributed by atoms with Crippen LogP contribution in [0.15, 0.2) is 23.8 Å². The van der Waals surface area contributed by atoms with Gasteiger partial charge in [-0.2, -0.15) is 0 Å². The zero-order valence-electron chi connectivity index (χ0n) is 22.7. The molecule has 0 aliphatic heterocycles. The lowest BCUT2D eigenvalue weighted by Gasteiger charge is -2.48. The quantitative estimate of drug-likeness (QED) is 0.278. The second-order valence-electron chi connectivity index (χ2n) is 13.2. The highest BCUT2D eigenvalue weighted by atomic mass is 16.6. The number of carboxylic acids is 1. The van der Waals surface area contributed by atoms with Crippen molar-refractivity contribution in [3.05, 3.63) is 29.3 Å². The smallest absolute Gasteiger partial charge is 0.332 e. The topological polar surface area (TPSA) is 72.8 Å². The summed E-state index contributed by atoms with van der Waals surface area (Å²) in [6, 6.07) is 5.26. The number of hydrogen-bond donors (Lipinski definition) is 1. The average Bonchev–Trinajstić information content (AvgIpc) is 3.19. The van der Waals surface area contributed by atoms with Gasteiger partial charge in [-0.3, -0.25) is 4.79 Å². The molecule has 0 aromatic heterocycles. The number of carboxylic acid groups (broad SMARTS) is 1. The van der Waals surface area contributed by atoms with Crippen molar-refractivity contribution in [1.82, 2.24) is 0 Å². The van der Waals surface area contributed by atoms with E-state index in [9.17, 15) is 14.7 Å². The van der Waals surface area contributed by atoms with Crippen LogP contribution >= 0.6 is 0 Å². The van der Waals surface area contributed by atoms with Crippen LogP contribution < -0.4 is 9.47 Å². The number of methoxy groups -OCH3 is 1. The highest BCUT2D eigenvalue weighted by Gasteiger charge is 2.68. The first-order valence-electron chi connectivity index (χ1n) is 13.0. The summed E-state index contributed by atoms with van der Waals surface area (Å²) in [6.07, 6.45) is 7.50. The zero-order valence-corrected chi connectivity index (χ0v) is 22.7. The van der Waals surface area contributed by atoms with Crippen LogP contribution in [0.25, 0.3) is 6.08 Å². The number of aliphatic carboxylic acids is 1. The van der Waals surface area contributed by atoms with Crippen molar-refractivity contribution < 1.29 is 24.2 Å². The monoisotopic (exact) mass is 482 g/mol. The fraction of sp³-hybridized carbons (Fsp3) is 0.667. The molecular weight excluding hydrogens is 440 g/mol.